The number of hydrogen-bond donors (Lipinski definition) is 8. The van der Waals surface area contributed by atoms with Crippen LogP contribution in [0.5, 0.6) is 0 Å². The largest absolute Gasteiger partial charge is 0.756 e. The van der Waals surface area contributed by atoms with E-state index < -0.39 is 63.8 Å². The zero-order chi connectivity index (χ0) is 22.3. The van der Waals surface area contributed by atoms with Gasteiger partial charge in [0.15, 0.2) is 0 Å². The van der Waals surface area contributed by atoms with Crippen LogP contribution in [0.2, 0.25) is 0 Å². The fourth-order valence-corrected chi connectivity index (χ4v) is 2.99. The van der Waals surface area contributed by atoms with Crippen LogP contribution in [0.3, 0.4) is 0 Å². The summed E-state index contributed by atoms with van der Waals surface area (Å²) in [5.41, 5.74) is 0. The number of hydrogen-bond acceptors (Lipinski definition) is 12. The van der Waals surface area contributed by atoms with Crippen molar-refractivity contribution in [3.8, 4) is 0 Å². The van der Waals surface area contributed by atoms with Crippen molar-refractivity contribution in [1.82, 2.24) is 0 Å². The van der Waals surface area contributed by atoms with Crippen molar-refractivity contribution in [1.29, 1.82) is 0 Å². The standard InChI is InChI=1S/C9H19O11P.C5H14NO/c10-1-3(11)2-19-21(17,18)20-9-7(15)5(13)4(12)6(14)8(9)16;1-6(2,3)4-5-7/h3-16H,1-2H2,(H,17,18);7H,4-5H2,1-3H3/q;+1/p-1/t3?,4?,5-,6+,7-,8-,9?;/m0./s1. The minimum atomic E-state index is -5.12. The minimum absolute atomic E-state index is 0.281. The summed E-state index contributed by atoms with van der Waals surface area (Å²) < 4.78 is 20.8. The van der Waals surface area contributed by atoms with Gasteiger partial charge in [-0.2, -0.15) is 0 Å². The summed E-state index contributed by atoms with van der Waals surface area (Å²) >= 11 is 0. The van der Waals surface area contributed by atoms with Crippen LogP contribution in [0, 0.1) is 0 Å². The molecule has 4 unspecified atom stereocenters. The van der Waals surface area contributed by atoms with E-state index in [-0.39, 0.29) is 6.61 Å². The Balaban J connectivity index is 0.000000887. The van der Waals surface area contributed by atoms with E-state index in [2.05, 4.69) is 30.2 Å². The molecule has 0 amide bonds. The summed E-state index contributed by atoms with van der Waals surface area (Å²) in [6.07, 6.45) is -13.3. The highest BCUT2D eigenvalue weighted by molar-refractivity contribution is 7.45. The molecule has 1 rings (SSSR count). The molecular formula is C14H32NO12P. The predicted molar refractivity (Wildman–Crippen MR) is 91.5 cm³/mol. The van der Waals surface area contributed by atoms with Gasteiger partial charge in [-0.05, 0) is 0 Å². The molecule has 1 aliphatic rings. The second-order valence-corrected chi connectivity index (χ2v) is 8.70. The Hall–Kier alpha value is -0.250. The number of phosphoric ester groups is 1. The van der Waals surface area contributed by atoms with Gasteiger partial charge >= 0.3 is 0 Å². The zero-order valence-corrected chi connectivity index (χ0v) is 16.9. The molecule has 0 radical (unpaired) electrons. The normalized spacial score (nSPS) is 34.1. The Bertz CT molecular complexity index is 473. The van der Waals surface area contributed by atoms with Crippen LogP contribution in [0.25, 0.3) is 0 Å². The molecule has 28 heavy (non-hydrogen) atoms. The molecule has 1 saturated carbocycles. The SMILES string of the molecule is C[N+](C)(C)CCO.O=P([O-])(OCC(O)CO)OC1[C@@H](O)[C@H](O)C(O)[C@H](O)[C@@H]1O. The van der Waals surface area contributed by atoms with Gasteiger partial charge in [0, 0.05) is 0 Å². The summed E-state index contributed by atoms with van der Waals surface area (Å²) in [6.45, 7) is -0.480. The average Bonchev–Trinajstić information content (AvgIpc) is 2.59. The van der Waals surface area contributed by atoms with E-state index in [9.17, 15) is 35.0 Å². The number of nitrogens with zero attached hydrogens (tertiary/aromatic N) is 1. The first-order valence-electron chi connectivity index (χ1n) is 8.41. The van der Waals surface area contributed by atoms with Crippen molar-refractivity contribution < 1.29 is 63.8 Å². The van der Waals surface area contributed by atoms with Gasteiger partial charge in [0.2, 0.25) is 0 Å². The zero-order valence-electron chi connectivity index (χ0n) is 16.0. The third-order valence-corrected chi connectivity index (χ3v) is 4.70. The summed E-state index contributed by atoms with van der Waals surface area (Å²) in [4.78, 5) is 11.4. The molecule has 1 aliphatic carbocycles. The number of likely N-dealkylation sites (N-methyl/N-ethyl adjacent to an activating group) is 1. The minimum Gasteiger partial charge on any atom is -0.756 e. The molecule has 13 nitrogen and oxygen atoms in total. The molecule has 0 saturated heterocycles. The third kappa shape index (κ3) is 9.50. The maximum atomic E-state index is 11.4. The van der Waals surface area contributed by atoms with Gasteiger partial charge in [-0.25, -0.2) is 0 Å². The van der Waals surface area contributed by atoms with Crippen molar-refractivity contribution >= 4 is 7.82 Å². The molecule has 0 aromatic carbocycles. The Morgan fingerprint density at radius 1 is 0.964 bits per heavy atom. The van der Waals surface area contributed by atoms with E-state index in [1.807, 2.05) is 0 Å². The number of phosphoric acid groups is 1. The Labute approximate surface area is 162 Å². The average molecular weight is 437 g/mol. The molecule has 0 aliphatic heterocycles. The van der Waals surface area contributed by atoms with Crippen LogP contribution in [0.15, 0.2) is 0 Å². The predicted octanol–water partition coefficient (Wildman–Crippen LogP) is -5.29. The number of rotatable bonds is 8. The van der Waals surface area contributed by atoms with Crippen LogP contribution in [-0.2, 0) is 13.6 Å². The second-order valence-electron chi connectivity index (χ2n) is 7.34. The van der Waals surface area contributed by atoms with E-state index in [1.54, 1.807) is 0 Å². The number of aliphatic hydroxyl groups excluding tert-OH is 8. The molecule has 170 valence electrons. The lowest BCUT2D eigenvalue weighted by Crippen LogP contribution is -2.64. The van der Waals surface area contributed by atoms with Gasteiger partial charge in [-0.1, -0.05) is 0 Å². The Morgan fingerprint density at radius 2 is 1.39 bits per heavy atom. The lowest BCUT2D eigenvalue weighted by Gasteiger charge is -2.43. The van der Waals surface area contributed by atoms with Crippen LogP contribution in [0.1, 0.15) is 0 Å². The Kier molecular flexibility index (Phi) is 11.7. The summed E-state index contributed by atoms with van der Waals surface area (Å²) in [5, 5.41) is 73.1. The first-order chi connectivity index (χ1) is 12.7. The first kappa shape index (κ1) is 27.8. The van der Waals surface area contributed by atoms with Gasteiger partial charge in [-0.3, -0.25) is 4.57 Å². The summed E-state index contributed by atoms with van der Waals surface area (Å²) in [6, 6.07) is 0. The van der Waals surface area contributed by atoms with Crippen molar-refractivity contribution in [2.45, 2.75) is 42.7 Å². The van der Waals surface area contributed by atoms with Crippen molar-refractivity contribution in [3.63, 3.8) is 0 Å². The molecule has 0 spiro atoms. The molecular weight excluding hydrogens is 405 g/mol. The monoisotopic (exact) mass is 437 g/mol. The van der Waals surface area contributed by atoms with Crippen molar-refractivity contribution in [3.05, 3.63) is 0 Å². The van der Waals surface area contributed by atoms with Gasteiger partial charge in [0.25, 0.3) is 7.82 Å². The topological polar surface area (TPSA) is 220 Å². The highest BCUT2D eigenvalue weighted by Gasteiger charge is 2.50. The fourth-order valence-electron chi connectivity index (χ4n) is 2.03. The van der Waals surface area contributed by atoms with E-state index in [0.717, 1.165) is 11.0 Å². The van der Waals surface area contributed by atoms with E-state index in [1.165, 1.54) is 0 Å². The van der Waals surface area contributed by atoms with Gasteiger partial charge < -0.3 is 59.3 Å². The van der Waals surface area contributed by atoms with Crippen LogP contribution in [0.4, 0.5) is 0 Å². The van der Waals surface area contributed by atoms with Crippen molar-refractivity contribution in [2.75, 3.05) is 47.5 Å². The van der Waals surface area contributed by atoms with Crippen LogP contribution < -0.4 is 4.89 Å². The molecule has 0 aromatic heterocycles. The fraction of sp³-hybridized carbons (Fsp3) is 1.00. The van der Waals surface area contributed by atoms with Crippen LogP contribution in [-0.4, -0.2) is 136 Å². The molecule has 8 atom stereocenters. The van der Waals surface area contributed by atoms with Crippen LogP contribution >= 0.6 is 7.82 Å². The molecule has 14 heteroatoms. The van der Waals surface area contributed by atoms with Crippen molar-refractivity contribution in [2.24, 2.45) is 0 Å². The first-order valence-corrected chi connectivity index (χ1v) is 9.87. The number of quaternary nitrogens is 1. The highest BCUT2D eigenvalue weighted by Crippen LogP contribution is 2.43. The molecule has 8 N–H and O–H groups in total. The molecule has 0 heterocycles. The lowest BCUT2D eigenvalue weighted by molar-refractivity contribution is -0.870. The van der Waals surface area contributed by atoms with E-state index in [0.29, 0.717) is 0 Å². The Morgan fingerprint density at radius 3 is 1.71 bits per heavy atom. The quantitative estimate of drug-likeness (QED) is 0.132. The molecule has 1 fully saturated rings. The molecule has 0 aromatic rings. The summed E-state index contributed by atoms with van der Waals surface area (Å²) in [5.74, 6) is 0. The van der Waals surface area contributed by atoms with E-state index >= 15 is 0 Å². The maximum Gasteiger partial charge on any atom is 0.268 e. The molecule has 0 bridgehead atoms. The lowest BCUT2D eigenvalue weighted by atomic mass is 9.85. The van der Waals surface area contributed by atoms with Gasteiger partial charge in [-0.15, -0.1) is 0 Å². The third-order valence-electron chi connectivity index (χ3n) is 3.73. The van der Waals surface area contributed by atoms with Gasteiger partial charge in [0.05, 0.1) is 41.0 Å². The maximum absolute atomic E-state index is 11.4. The summed E-state index contributed by atoms with van der Waals surface area (Å²) in [7, 11) is 1.03. The van der Waals surface area contributed by atoms with Gasteiger partial charge in [0.1, 0.15) is 49.3 Å². The highest BCUT2D eigenvalue weighted by atomic mass is 31.2. The second kappa shape index (κ2) is 11.8. The van der Waals surface area contributed by atoms with E-state index in [4.69, 9.17) is 15.3 Å². The number of aliphatic hydroxyl groups is 8. The smallest absolute Gasteiger partial charge is 0.268 e.